The minimum absolute atomic E-state index is 0.126. The molecule has 2 rings (SSSR count). The normalized spacial score (nSPS) is 13.3. The van der Waals surface area contributed by atoms with Gasteiger partial charge in [-0.25, -0.2) is 4.98 Å². The predicted molar refractivity (Wildman–Crippen MR) is 78.2 cm³/mol. The summed E-state index contributed by atoms with van der Waals surface area (Å²) < 4.78 is 2.08. The molecular weight excluding hydrogens is 252 g/mol. The molecule has 1 unspecified atom stereocenters. The first-order valence-electron chi connectivity index (χ1n) is 6.78. The lowest BCUT2D eigenvalue weighted by Crippen LogP contribution is -2.43. The zero-order valence-electron chi connectivity index (χ0n) is 12.2. The van der Waals surface area contributed by atoms with Crippen molar-refractivity contribution in [1.29, 1.82) is 0 Å². The number of rotatable bonds is 5. The van der Waals surface area contributed by atoms with Crippen LogP contribution in [0.4, 0.5) is 0 Å². The molecule has 0 amide bonds. The summed E-state index contributed by atoms with van der Waals surface area (Å²) in [7, 11) is 0. The second-order valence-corrected chi connectivity index (χ2v) is 6.07. The standard InChI is InChI=1S/C15H22N4O/c1-15(2,3)14(10-19-7-6-16-11-19)18-8-12-4-5-13(20)9-17-12/h4-7,9,11,14,18,20H,8,10H2,1-3H3. The highest BCUT2D eigenvalue weighted by molar-refractivity contribution is 5.17. The van der Waals surface area contributed by atoms with Gasteiger partial charge in [-0.05, 0) is 17.5 Å². The van der Waals surface area contributed by atoms with Crippen molar-refractivity contribution in [2.24, 2.45) is 5.41 Å². The molecule has 108 valence electrons. The Labute approximate surface area is 119 Å². The van der Waals surface area contributed by atoms with Crippen molar-refractivity contribution in [1.82, 2.24) is 19.9 Å². The maximum Gasteiger partial charge on any atom is 0.133 e. The van der Waals surface area contributed by atoms with Crippen LogP contribution in [0.15, 0.2) is 37.1 Å². The maximum absolute atomic E-state index is 9.24. The summed E-state index contributed by atoms with van der Waals surface area (Å²) in [5, 5.41) is 12.8. The van der Waals surface area contributed by atoms with Crippen LogP contribution in [0, 0.1) is 5.41 Å². The van der Waals surface area contributed by atoms with Gasteiger partial charge in [0.2, 0.25) is 0 Å². The fourth-order valence-electron chi connectivity index (χ4n) is 2.00. The predicted octanol–water partition coefficient (Wildman–Crippen LogP) is 2.19. The molecule has 0 aromatic carbocycles. The Balaban J connectivity index is 1.99. The Kier molecular flexibility index (Phi) is 4.39. The molecule has 0 spiro atoms. The van der Waals surface area contributed by atoms with Gasteiger partial charge < -0.3 is 15.0 Å². The van der Waals surface area contributed by atoms with Gasteiger partial charge in [0.15, 0.2) is 0 Å². The van der Waals surface area contributed by atoms with E-state index in [1.165, 1.54) is 6.20 Å². The van der Waals surface area contributed by atoms with E-state index in [1.54, 1.807) is 12.3 Å². The molecule has 5 heteroatoms. The van der Waals surface area contributed by atoms with E-state index in [0.29, 0.717) is 12.6 Å². The fraction of sp³-hybridized carbons (Fsp3) is 0.467. The average Bonchev–Trinajstić information content (AvgIpc) is 2.88. The van der Waals surface area contributed by atoms with E-state index in [-0.39, 0.29) is 11.2 Å². The highest BCUT2D eigenvalue weighted by Gasteiger charge is 2.24. The van der Waals surface area contributed by atoms with Gasteiger partial charge in [0.05, 0.1) is 18.2 Å². The Morgan fingerprint density at radius 1 is 1.35 bits per heavy atom. The van der Waals surface area contributed by atoms with Gasteiger partial charge in [0.25, 0.3) is 0 Å². The number of nitrogens with zero attached hydrogens (tertiary/aromatic N) is 3. The van der Waals surface area contributed by atoms with Gasteiger partial charge in [-0.1, -0.05) is 20.8 Å². The average molecular weight is 274 g/mol. The van der Waals surface area contributed by atoms with Gasteiger partial charge in [0.1, 0.15) is 5.75 Å². The minimum Gasteiger partial charge on any atom is -0.506 e. The summed E-state index contributed by atoms with van der Waals surface area (Å²) >= 11 is 0. The van der Waals surface area contributed by atoms with Crippen LogP contribution in [-0.2, 0) is 13.1 Å². The van der Waals surface area contributed by atoms with Crippen LogP contribution in [0.3, 0.4) is 0 Å². The SMILES string of the molecule is CC(C)(C)C(Cn1ccnc1)NCc1ccc(O)cn1. The van der Waals surface area contributed by atoms with Crippen LogP contribution < -0.4 is 5.32 Å². The molecule has 0 aliphatic heterocycles. The number of hydrogen-bond donors (Lipinski definition) is 2. The molecule has 0 fully saturated rings. The molecule has 0 saturated heterocycles. The minimum atomic E-state index is 0.126. The largest absolute Gasteiger partial charge is 0.506 e. The van der Waals surface area contributed by atoms with Crippen molar-refractivity contribution in [3.63, 3.8) is 0 Å². The smallest absolute Gasteiger partial charge is 0.133 e. The molecule has 2 heterocycles. The lowest BCUT2D eigenvalue weighted by atomic mass is 9.86. The number of pyridine rings is 1. The van der Waals surface area contributed by atoms with Gasteiger partial charge in [-0.3, -0.25) is 4.98 Å². The second kappa shape index (κ2) is 6.05. The molecule has 2 aromatic rings. The van der Waals surface area contributed by atoms with Crippen LogP contribution in [0.5, 0.6) is 5.75 Å². The van der Waals surface area contributed by atoms with E-state index in [1.807, 2.05) is 18.6 Å². The van der Waals surface area contributed by atoms with E-state index in [2.05, 4.69) is 40.6 Å². The van der Waals surface area contributed by atoms with Crippen molar-refractivity contribution in [2.45, 2.75) is 39.9 Å². The Bertz CT molecular complexity index is 514. The van der Waals surface area contributed by atoms with Gasteiger partial charge >= 0.3 is 0 Å². The van der Waals surface area contributed by atoms with Crippen molar-refractivity contribution < 1.29 is 5.11 Å². The molecule has 0 aliphatic carbocycles. The topological polar surface area (TPSA) is 63.0 Å². The molecule has 20 heavy (non-hydrogen) atoms. The molecule has 2 aromatic heterocycles. The second-order valence-electron chi connectivity index (χ2n) is 6.07. The number of aromatic hydroxyl groups is 1. The number of nitrogens with one attached hydrogen (secondary N) is 1. The van der Waals surface area contributed by atoms with E-state index in [9.17, 15) is 5.11 Å². The van der Waals surface area contributed by atoms with E-state index in [0.717, 1.165) is 12.2 Å². The number of imidazole rings is 1. The molecular formula is C15H22N4O. The monoisotopic (exact) mass is 274 g/mol. The number of aromatic nitrogens is 3. The van der Waals surface area contributed by atoms with Crippen molar-refractivity contribution in [3.8, 4) is 5.75 Å². The van der Waals surface area contributed by atoms with Gasteiger partial charge in [-0.15, -0.1) is 0 Å². The first-order chi connectivity index (χ1) is 9.45. The molecule has 0 saturated carbocycles. The van der Waals surface area contributed by atoms with E-state index in [4.69, 9.17) is 0 Å². The van der Waals surface area contributed by atoms with Crippen LogP contribution in [0.25, 0.3) is 0 Å². The summed E-state index contributed by atoms with van der Waals surface area (Å²) in [5.74, 6) is 0.194. The van der Waals surface area contributed by atoms with Crippen molar-refractivity contribution in [3.05, 3.63) is 42.7 Å². The van der Waals surface area contributed by atoms with Crippen LogP contribution in [0.2, 0.25) is 0 Å². The maximum atomic E-state index is 9.24. The quantitative estimate of drug-likeness (QED) is 0.877. The van der Waals surface area contributed by atoms with Crippen molar-refractivity contribution in [2.75, 3.05) is 0 Å². The highest BCUT2D eigenvalue weighted by atomic mass is 16.3. The van der Waals surface area contributed by atoms with Crippen LogP contribution in [-0.4, -0.2) is 25.7 Å². The lowest BCUT2D eigenvalue weighted by molar-refractivity contribution is 0.239. The van der Waals surface area contributed by atoms with E-state index < -0.39 is 0 Å². The van der Waals surface area contributed by atoms with Crippen molar-refractivity contribution >= 4 is 0 Å². The van der Waals surface area contributed by atoms with Crippen LogP contribution in [0.1, 0.15) is 26.5 Å². The summed E-state index contributed by atoms with van der Waals surface area (Å²) in [5.41, 5.74) is 1.05. The van der Waals surface area contributed by atoms with Gasteiger partial charge in [0, 0.05) is 31.5 Å². The Hall–Kier alpha value is -1.88. The fourth-order valence-corrected chi connectivity index (χ4v) is 2.00. The molecule has 5 nitrogen and oxygen atoms in total. The van der Waals surface area contributed by atoms with Crippen LogP contribution >= 0.6 is 0 Å². The zero-order valence-corrected chi connectivity index (χ0v) is 12.2. The Morgan fingerprint density at radius 3 is 2.70 bits per heavy atom. The first-order valence-corrected chi connectivity index (χ1v) is 6.78. The molecule has 0 radical (unpaired) electrons. The zero-order chi connectivity index (χ0) is 14.6. The lowest BCUT2D eigenvalue weighted by Gasteiger charge is -2.32. The van der Waals surface area contributed by atoms with Gasteiger partial charge in [-0.2, -0.15) is 0 Å². The third-order valence-corrected chi connectivity index (χ3v) is 3.34. The highest BCUT2D eigenvalue weighted by Crippen LogP contribution is 2.21. The summed E-state index contributed by atoms with van der Waals surface area (Å²) in [6.45, 7) is 8.18. The third-order valence-electron chi connectivity index (χ3n) is 3.34. The summed E-state index contributed by atoms with van der Waals surface area (Å²) in [6, 6.07) is 3.79. The first kappa shape index (κ1) is 14.5. The third kappa shape index (κ3) is 4.06. The molecule has 0 aliphatic rings. The molecule has 1 atom stereocenters. The molecule has 0 bridgehead atoms. The summed E-state index contributed by atoms with van der Waals surface area (Å²) in [6.07, 6.45) is 7.07. The molecule has 2 N–H and O–H groups in total. The number of hydrogen-bond acceptors (Lipinski definition) is 4. The Morgan fingerprint density at radius 2 is 2.15 bits per heavy atom. The summed E-state index contributed by atoms with van der Waals surface area (Å²) in [4.78, 5) is 8.28. The van der Waals surface area contributed by atoms with E-state index >= 15 is 0 Å².